The summed E-state index contributed by atoms with van der Waals surface area (Å²) in [5, 5.41) is 3.03. The summed E-state index contributed by atoms with van der Waals surface area (Å²) in [6.45, 7) is 2.29. The number of carbonyl (C=O) groups is 2. The molecule has 1 N–H and O–H groups in total. The van der Waals surface area contributed by atoms with E-state index >= 15 is 0 Å². The van der Waals surface area contributed by atoms with Gasteiger partial charge in [-0.05, 0) is 56.6 Å². The Morgan fingerprint density at radius 1 is 0.964 bits per heavy atom. The van der Waals surface area contributed by atoms with E-state index in [2.05, 4.69) is 10.2 Å². The average molecular weight is 385 g/mol. The SMILES string of the molecule is O=C(NC1CC1)c1ccccc1OCC1CCN(C(=O)C2CCCCC2)CC1. The molecule has 2 aliphatic carbocycles. The van der Waals surface area contributed by atoms with Crippen molar-refractivity contribution in [2.24, 2.45) is 11.8 Å². The van der Waals surface area contributed by atoms with Crippen molar-refractivity contribution >= 4 is 11.8 Å². The van der Waals surface area contributed by atoms with E-state index in [4.69, 9.17) is 4.74 Å². The summed E-state index contributed by atoms with van der Waals surface area (Å²) in [4.78, 5) is 27.2. The fourth-order valence-electron chi connectivity index (χ4n) is 4.41. The zero-order chi connectivity index (χ0) is 19.3. The van der Waals surface area contributed by atoms with Crippen LogP contribution in [0.2, 0.25) is 0 Å². The second-order valence-corrected chi connectivity index (χ2v) is 8.66. The van der Waals surface area contributed by atoms with E-state index < -0.39 is 0 Å². The number of likely N-dealkylation sites (tertiary alicyclic amines) is 1. The highest BCUT2D eigenvalue weighted by atomic mass is 16.5. The number of hydrogen-bond acceptors (Lipinski definition) is 3. The van der Waals surface area contributed by atoms with Gasteiger partial charge in [-0.2, -0.15) is 0 Å². The summed E-state index contributed by atoms with van der Waals surface area (Å²) >= 11 is 0. The van der Waals surface area contributed by atoms with Crippen LogP contribution in [0, 0.1) is 11.8 Å². The maximum absolute atomic E-state index is 12.7. The Hall–Kier alpha value is -2.04. The molecule has 0 unspecified atom stereocenters. The van der Waals surface area contributed by atoms with Crippen LogP contribution >= 0.6 is 0 Å². The summed E-state index contributed by atoms with van der Waals surface area (Å²) in [6, 6.07) is 7.84. The number of carbonyl (C=O) groups excluding carboxylic acids is 2. The van der Waals surface area contributed by atoms with E-state index in [0.29, 0.717) is 35.8 Å². The van der Waals surface area contributed by atoms with E-state index in [-0.39, 0.29) is 11.8 Å². The van der Waals surface area contributed by atoms with Gasteiger partial charge in [-0.1, -0.05) is 31.4 Å². The molecule has 1 heterocycles. The van der Waals surface area contributed by atoms with Crippen LogP contribution in [0.3, 0.4) is 0 Å². The maximum Gasteiger partial charge on any atom is 0.255 e. The molecule has 0 atom stereocenters. The molecule has 5 heteroatoms. The van der Waals surface area contributed by atoms with Crippen molar-refractivity contribution in [2.75, 3.05) is 19.7 Å². The van der Waals surface area contributed by atoms with Crippen LogP contribution in [0.4, 0.5) is 0 Å². The largest absolute Gasteiger partial charge is 0.492 e. The van der Waals surface area contributed by atoms with Gasteiger partial charge in [-0.25, -0.2) is 0 Å². The molecule has 4 rings (SSSR count). The molecule has 1 aromatic rings. The van der Waals surface area contributed by atoms with E-state index in [0.717, 1.165) is 51.6 Å². The highest BCUT2D eigenvalue weighted by molar-refractivity contribution is 5.97. The summed E-state index contributed by atoms with van der Waals surface area (Å²) in [7, 11) is 0. The first kappa shape index (κ1) is 19.3. The minimum absolute atomic E-state index is 0.0361. The number of nitrogens with one attached hydrogen (secondary N) is 1. The van der Waals surface area contributed by atoms with Crippen molar-refractivity contribution in [1.82, 2.24) is 10.2 Å². The van der Waals surface area contributed by atoms with Gasteiger partial charge in [0, 0.05) is 25.0 Å². The van der Waals surface area contributed by atoms with Gasteiger partial charge in [0.1, 0.15) is 5.75 Å². The summed E-state index contributed by atoms with van der Waals surface area (Å²) in [5.41, 5.74) is 0.624. The van der Waals surface area contributed by atoms with Crippen molar-refractivity contribution in [3.8, 4) is 5.75 Å². The molecular weight excluding hydrogens is 352 g/mol. The summed E-state index contributed by atoms with van der Waals surface area (Å²) in [6.07, 6.45) is 9.94. The second-order valence-electron chi connectivity index (χ2n) is 8.66. The number of ether oxygens (including phenoxy) is 1. The Bertz CT molecular complexity index is 687. The first-order chi connectivity index (χ1) is 13.7. The monoisotopic (exact) mass is 384 g/mol. The van der Waals surface area contributed by atoms with Crippen LogP contribution in [0.25, 0.3) is 0 Å². The van der Waals surface area contributed by atoms with Gasteiger partial charge in [0.2, 0.25) is 5.91 Å². The number of hydrogen-bond donors (Lipinski definition) is 1. The van der Waals surface area contributed by atoms with E-state index in [9.17, 15) is 9.59 Å². The topological polar surface area (TPSA) is 58.6 Å². The van der Waals surface area contributed by atoms with Crippen molar-refractivity contribution in [1.29, 1.82) is 0 Å². The molecule has 0 spiro atoms. The van der Waals surface area contributed by atoms with Crippen LogP contribution in [0.5, 0.6) is 5.75 Å². The molecule has 152 valence electrons. The fraction of sp³-hybridized carbons (Fsp3) is 0.652. The minimum atomic E-state index is -0.0361. The van der Waals surface area contributed by atoms with Crippen LogP contribution < -0.4 is 10.1 Å². The molecule has 3 fully saturated rings. The highest BCUT2D eigenvalue weighted by Gasteiger charge is 2.29. The standard InChI is InChI=1S/C23H32N2O3/c26-22(24-19-10-11-19)20-8-4-5-9-21(20)28-16-17-12-14-25(15-13-17)23(27)18-6-2-1-3-7-18/h4-5,8-9,17-19H,1-3,6-7,10-16H2,(H,24,26). The molecule has 1 saturated heterocycles. The Morgan fingerprint density at radius 3 is 2.39 bits per heavy atom. The van der Waals surface area contributed by atoms with E-state index in [1.807, 2.05) is 24.3 Å². The number of rotatable bonds is 6. The van der Waals surface area contributed by atoms with Gasteiger partial charge in [0.15, 0.2) is 0 Å². The molecular formula is C23H32N2O3. The third kappa shape index (κ3) is 4.86. The zero-order valence-electron chi connectivity index (χ0n) is 16.7. The maximum atomic E-state index is 12.7. The van der Waals surface area contributed by atoms with E-state index in [1.165, 1.54) is 19.3 Å². The Labute approximate surface area is 167 Å². The molecule has 3 aliphatic rings. The van der Waals surface area contributed by atoms with Crippen molar-refractivity contribution in [2.45, 2.75) is 63.8 Å². The quantitative estimate of drug-likeness (QED) is 0.812. The average Bonchev–Trinajstić information content (AvgIpc) is 3.57. The number of nitrogens with zero attached hydrogens (tertiary/aromatic N) is 1. The van der Waals surface area contributed by atoms with Gasteiger partial charge in [-0.15, -0.1) is 0 Å². The van der Waals surface area contributed by atoms with Gasteiger partial charge in [0.05, 0.1) is 12.2 Å². The smallest absolute Gasteiger partial charge is 0.255 e. The first-order valence-electron chi connectivity index (χ1n) is 11.0. The molecule has 28 heavy (non-hydrogen) atoms. The fourth-order valence-corrected chi connectivity index (χ4v) is 4.41. The second kappa shape index (κ2) is 8.97. The minimum Gasteiger partial charge on any atom is -0.492 e. The lowest BCUT2D eigenvalue weighted by Crippen LogP contribution is -2.43. The predicted molar refractivity (Wildman–Crippen MR) is 108 cm³/mol. The third-order valence-corrected chi connectivity index (χ3v) is 6.40. The number of benzene rings is 1. The third-order valence-electron chi connectivity index (χ3n) is 6.40. The van der Waals surface area contributed by atoms with Crippen LogP contribution in [0.1, 0.15) is 68.1 Å². The molecule has 0 radical (unpaired) electrons. The Balaban J connectivity index is 1.25. The van der Waals surface area contributed by atoms with Crippen LogP contribution in [-0.2, 0) is 4.79 Å². The van der Waals surface area contributed by atoms with Crippen LogP contribution in [-0.4, -0.2) is 42.5 Å². The first-order valence-corrected chi connectivity index (χ1v) is 11.0. The Morgan fingerprint density at radius 2 is 1.68 bits per heavy atom. The highest BCUT2D eigenvalue weighted by Crippen LogP contribution is 2.28. The predicted octanol–water partition coefficient (Wildman–Crippen LogP) is 3.78. The molecule has 1 aromatic carbocycles. The van der Waals surface area contributed by atoms with Gasteiger partial charge in [-0.3, -0.25) is 9.59 Å². The van der Waals surface area contributed by atoms with Gasteiger partial charge < -0.3 is 15.0 Å². The van der Waals surface area contributed by atoms with Gasteiger partial charge in [0.25, 0.3) is 5.91 Å². The van der Waals surface area contributed by atoms with E-state index in [1.54, 1.807) is 0 Å². The van der Waals surface area contributed by atoms with Crippen molar-refractivity contribution < 1.29 is 14.3 Å². The molecule has 2 saturated carbocycles. The molecule has 5 nitrogen and oxygen atoms in total. The number of amides is 2. The lowest BCUT2D eigenvalue weighted by Gasteiger charge is -2.35. The number of para-hydroxylation sites is 1. The lowest BCUT2D eigenvalue weighted by molar-refractivity contribution is -0.138. The van der Waals surface area contributed by atoms with Crippen molar-refractivity contribution in [3.63, 3.8) is 0 Å². The van der Waals surface area contributed by atoms with Crippen LogP contribution in [0.15, 0.2) is 24.3 Å². The molecule has 1 aliphatic heterocycles. The van der Waals surface area contributed by atoms with Gasteiger partial charge >= 0.3 is 0 Å². The zero-order valence-corrected chi connectivity index (χ0v) is 16.7. The van der Waals surface area contributed by atoms with Crippen molar-refractivity contribution in [3.05, 3.63) is 29.8 Å². The summed E-state index contributed by atoms with van der Waals surface area (Å²) in [5.74, 6) is 1.71. The molecule has 0 bridgehead atoms. The Kier molecular flexibility index (Phi) is 6.18. The normalized spacial score (nSPS) is 21.4. The molecule has 2 amide bonds. The summed E-state index contributed by atoms with van der Waals surface area (Å²) < 4.78 is 6.05. The number of piperidine rings is 1. The lowest BCUT2D eigenvalue weighted by atomic mass is 9.87. The molecule has 0 aromatic heterocycles.